The van der Waals surface area contributed by atoms with Gasteiger partial charge in [-0.25, -0.2) is 4.39 Å². The van der Waals surface area contributed by atoms with E-state index in [0.29, 0.717) is 39.5 Å². The van der Waals surface area contributed by atoms with Crippen molar-refractivity contribution in [1.29, 1.82) is 0 Å². The van der Waals surface area contributed by atoms with Gasteiger partial charge in [0.05, 0.1) is 23.5 Å². The van der Waals surface area contributed by atoms with Gasteiger partial charge < -0.3 is 10.2 Å². The average Bonchev–Trinajstić information content (AvgIpc) is 2.83. The van der Waals surface area contributed by atoms with E-state index in [9.17, 15) is 18.8 Å². The second kappa shape index (κ2) is 8.30. The van der Waals surface area contributed by atoms with Crippen LogP contribution in [-0.2, 0) is 9.59 Å². The number of ketones is 1. The highest BCUT2D eigenvalue weighted by atomic mass is 19.1. The van der Waals surface area contributed by atoms with E-state index in [1.165, 1.54) is 17.9 Å². The third kappa shape index (κ3) is 3.99. The lowest BCUT2D eigenvalue weighted by atomic mass is 9.98. The number of hydrogen-bond acceptors (Lipinski definition) is 5. The summed E-state index contributed by atoms with van der Waals surface area (Å²) in [5.74, 6) is -2.00. The molecule has 7 nitrogen and oxygen atoms in total. The normalized spacial score (nSPS) is 14.9. The van der Waals surface area contributed by atoms with Crippen LogP contribution in [0.3, 0.4) is 0 Å². The molecule has 0 saturated carbocycles. The van der Waals surface area contributed by atoms with E-state index in [-0.39, 0.29) is 18.2 Å². The maximum Gasteiger partial charge on any atom is 0.244 e. The van der Waals surface area contributed by atoms with Gasteiger partial charge in [0.2, 0.25) is 11.8 Å². The fourth-order valence-corrected chi connectivity index (χ4v) is 3.75. The van der Waals surface area contributed by atoms with Crippen LogP contribution in [0.5, 0.6) is 0 Å². The Hall–Kier alpha value is -3.94. The summed E-state index contributed by atoms with van der Waals surface area (Å²) in [6.07, 6.45) is 2.65. The average molecular weight is 432 g/mol. The molecule has 1 aromatic carbocycles. The first-order valence-electron chi connectivity index (χ1n) is 10.1. The van der Waals surface area contributed by atoms with Crippen LogP contribution in [-0.4, -0.2) is 34.1 Å². The molecule has 0 aliphatic carbocycles. The van der Waals surface area contributed by atoms with Gasteiger partial charge >= 0.3 is 0 Å². The van der Waals surface area contributed by atoms with Gasteiger partial charge in [-0.3, -0.25) is 24.4 Å². The predicted octanol–water partition coefficient (Wildman–Crippen LogP) is 3.88. The molecule has 1 aliphatic heterocycles. The summed E-state index contributed by atoms with van der Waals surface area (Å²) in [5, 5.41) is 2.75. The second-order valence-electron chi connectivity index (χ2n) is 7.76. The van der Waals surface area contributed by atoms with Crippen molar-refractivity contribution < 1.29 is 18.8 Å². The molecule has 3 aromatic rings. The van der Waals surface area contributed by atoms with Gasteiger partial charge in [-0.2, -0.15) is 0 Å². The number of pyridine rings is 2. The van der Waals surface area contributed by atoms with E-state index >= 15 is 0 Å². The Morgan fingerprint density at radius 2 is 1.81 bits per heavy atom. The van der Waals surface area contributed by atoms with Crippen LogP contribution in [0.15, 0.2) is 48.8 Å². The standard InChI is InChI=1S/C24H21FN4O3/c1-13-8-21-20(11-26-13)19-9-17(25)10-27-23(19)14(2)24(32)29(21)12-22(31)28-18-6-4-16(5-7-18)15(3)30/h4-11,14H,12H2,1-3H3,(H,28,31)/t14-/m0/s1. The Kier molecular flexibility index (Phi) is 5.52. The monoisotopic (exact) mass is 432 g/mol. The lowest BCUT2D eigenvalue weighted by Gasteiger charge is -2.24. The molecule has 1 N–H and O–H groups in total. The molecule has 1 aliphatic rings. The zero-order valence-electron chi connectivity index (χ0n) is 17.8. The van der Waals surface area contributed by atoms with Gasteiger partial charge in [0, 0.05) is 34.3 Å². The number of carbonyl (C=O) groups excluding carboxylic acids is 3. The highest BCUT2D eigenvalue weighted by Crippen LogP contribution is 2.40. The van der Waals surface area contributed by atoms with Crippen LogP contribution in [0, 0.1) is 12.7 Å². The summed E-state index contributed by atoms with van der Waals surface area (Å²) >= 11 is 0. The molecule has 8 heteroatoms. The predicted molar refractivity (Wildman–Crippen MR) is 118 cm³/mol. The maximum absolute atomic E-state index is 14.0. The largest absolute Gasteiger partial charge is 0.325 e. The van der Waals surface area contributed by atoms with E-state index in [1.54, 1.807) is 50.4 Å². The number of aryl methyl sites for hydroxylation is 1. The highest BCUT2D eigenvalue weighted by Gasteiger charge is 2.34. The molecule has 162 valence electrons. The van der Waals surface area contributed by atoms with Crippen LogP contribution >= 0.6 is 0 Å². The Morgan fingerprint density at radius 3 is 2.50 bits per heavy atom. The van der Waals surface area contributed by atoms with Gasteiger partial charge in [-0.15, -0.1) is 0 Å². The zero-order valence-corrected chi connectivity index (χ0v) is 17.8. The van der Waals surface area contributed by atoms with Crippen molar-refractivity contribution in [3.63, 3.8) is 0 Å². The number of nitrogens with zero attached hydrogens (tertiary/aromatic N) is 3. The van der Waals surface area contributed by atoms with E-state index in [0.717, 1.165) is 6.20 Å². The third-order valence-corrected chi connectivity index (χ3v) is 5.41. The van der Waals surface area contributed by atoms with Gasteiger partial charge in [-0.1, -0.05) is 0 Å². The smallest absolute Gasteiger partial charge is 0.244 e. The molecule has 0 fully saturated rings. The first-order chi connectivity index (χ1) is 15.2. The quantitative estimate of drug-likeness (QED) is 0.632. The third-order valence-electron chi connectivity index (χ3n) is 5.41. The first-order valence-corrected chi connectivity index (χ1v) is 10.1. The summed E-state index contributed by atoms with van der Waals surface area (Å²) in [4.78, 5) is 47.4. The first kappa shape index (κ1) is 21.3. The minimum Gasteiger partial charge on any atom is -0.325 e. The lowest BCUT2D eigenvalue weighted by molar-refractivity contribution is -0.122. The summed E-state index contributed by atoms with van der Waals surface area (Å²) in [6.45, 7) is 4.68. The molecular weight excluding hydrogens is 411 g/mol. The molecule has 0 bridgehead atoms. The summed E-state index contributed by atoms with van der Waals surface area (Å²) in [6, 6.07) is 9.55. The van der Waals surface area contributed by atoms with Crippen molar-refractivity contribution in [3.05, 3.63) is 71.6 Å². The van der Waals surface area contributed by atoms with Crippen LogP contribution in [0.1, 0.15) is 41.5 Å². The van der Waals surface area contributed by atoms with Gasteiger partial charge in [0.15, 0.2) is 5.78 Å². The summed E-state index contributed by atoms with van der Waals surface area (Å²) < 4.78 is 14.0. The van der Waals surface area contributed by atoms with Crippen LogP contribution in [0.25, 0.3) is 11.1 Å². The van der Waals surface area contributed by atoms with E-state index in [2.05, 4.69) is 15.3 Å². The Balaban J connectivity index is 1.68. The van der Waals surface area contributed by atoms with Gasteiger partial charge in [-0.05, 0) is 57.2 Å². The highest BCUT2D eigenvalue weighted by molar-refractivity contribution is 6.09. The van der Waals surface area contributed by atoms with Crippen LogP contribution < -0.4 is 10.2 Å². The number of aromatic nitrogens is 2. The topological polar surface area (TPSA) is 92.3 Å². The van der Waals surface area contributed by atoms with Crippen molar-refractivity contribution in [1.82, 2.24) is 9.97 Å². The summed E-state index contributed by atoms with van der Waals surface area (Å²) in [7, 11) is 0. The number of carbonyl (C=O) groups is 3. The summed E-state index contributed by atoms with van der Waals surface area (Å²) in [5.41, 5.74) is 3.63. The van der Waals surface area contributed by atoms with Gasteiger partial charge in [0.25, 0.3) is 0 Å². The number of anilines is 2. The number of rotatable bonds is 4. The minimum absolute atomic E-state index is 0.0720. The molecule has 2 aromatic heterocycles. The SMILES string of the molecule is CC(=O)c1ccc(NC(=O)CN2C(=O)[C@@H](C)c3ncc(F)cc3-c3cnc(C)cc32)cc1. The fourth-order valence-electron chi connectivity index (χ4n) is 3.75. The molecule has 1 atom stereocenters. The number of halogens is 1. The zero-order chi connectivity index (χ0) is 23.0. The molecule has 32 heavy (non-hydrogen) atoms. The van der Waals surface area contributed by atoms with Crippen molar-refractivity contribution in [2.45, 2.75) is 26.7 Å². The van der Waals surface area contributed by atoms with Crippen LogP contribution in [0.4, 0.5) is 15.8 Å². The van der Waals surface area contributed by atoms with E-state index in [1.807, 2.05) is 0 Å². The van der Waals surface area contributed by atoms with Crippen molar-refractivity contribution in [3.8, 4) is 11.1 Å². The molecular formula is C24H21FN4O3. The fraction of sp³-hybridized carbons (Fsp3) is 0.208. The molecule has 0 spiro atoms. The number of fused-ring (bicyclic) bond motifs is 3. The van der Waals surface area contributed by atoms with Crippen molar-refractivity contribution >= 4 is 29.0 Å². The second-order valence-corrected chi connectivity index (χ2v) is 7.76. The molecule has 0 saturated heterocycles. The maximum atomic E-state index is 14.0. The van der Waals surface area contributed by atoms with Gasteiger partial charge in [0.1, 0.15) is 12.4 Å². The van der Waals surface area contributed by atoms with Crippen molar-refractivity contribution in [2.75, 3.05) is 16.8 Å². The number of Topliss-reactive ketones (excluding diaryl/α,β-unsaturated/α-hetero) is 1. The molecule has 0 unspecified atom stereocenters. The molecule has 2 amide bonds. The Bertz CT molecular complexity index is 1240. The molecule has 3 heterocycles. The Labute approximate surface area is 184 Å². The number of amides is 2. The Morgan fingerprint density at radius 1 is 1.09 bits per heavy atom. The van der Waals surface area contributed by atoms with E-state index in [4.69, 9.17) is 0 Å². The molecule has 4 rings (SSSR count). The number of hydrogen-bond donors (Lipinski definition) is 1. The van der Waals surface area contributed by atoms with E-state index < -0.39 is 17.6 Å². The number of nitrogens with one attached hydrogen (secondary N) is 1. The van der Waals surface area contributed by atoms with Crippen LogP contribution in [0.2, 0.25) is 0 Å². The molecule has 0 radical (unpaired) electrons. The van der Waals surface area contributed by atoms with Crippen molar-refractivity contribution in [2.24, 2.45) is 0 Å². The number of benzene rings is 1. The minimum atomic E-state index is -0.680. The lowest BCUT2D eigenvalue weighted by Crippen LogP contribution is -2.40.